The van der Waals surface area contributed by atoms with Gasteiger partial charge in [-0.2, -0.15) is 0 Å². The summed E-state index contributed by atoms with van der Waals surface area (Å²) in [5, 5.41) is 3.77. The Kier molecular flexibility index (Phi) is 4.52. The van der Waals surface area contributed by atoms with Crippen molar-refractivity contribution in [1.29, 1.82) is 0 Å². The van der Waals surface area contributed by atoms with Crippen molar-refractivity contribution in [2.75, 3.05) is 18.2 Å². The number of nitrogens with one attached hydrogen (secondary N) is 1. The molecule has 0 unspecified atom stereocenters. The lowest BCUT2D eigenvalue weighted by molar-refractivity contribution is 0.0601. The molecule has 6 heteroatoms. The number of hydrogen-bond acceptors (Lipinski definition) is 4. The summed E-state index contributed by atoms with van der Waals surface area (Å²) in [5.74, 6) is -0.424. The maximum Gasteiger partial charge on any atom is 0.337 e. The van der Waals surface area contributed by atoms with Crippen LogP contribution in [0.5, 0.6) is 0 Å². The van der Waals surface area contributed by atoms with Crippen molar-refractivity contribution in [2.45, 2.75) is 0 Å². The molecule has 0 saturated heterocycles. The fourth-order valence-electron chi connectivity index (χ4n) is 1.66. The lowest BCUT2D eigenvalue weighted by atomic mass is 10.1. The highest BCUT2D eigenvalue weighted by Crippen LogP contribution is 2.31. The summed E-state index contributed by atoms with van der Waals surface area (Å²) in [7, 11) is 1.33. The second kappa shape index (κ2) is 6.15. The number of hydrogen-bond donors (Lipinski definition) is 2. The number of methoxy groups -OCH3 is 1. The van der Waals surface area contributed by atoms with Crippen LogP contribution in [-0.4, -0.2) is 13.1 Å². The van der Waals surface area contributed by atoms with E-state index in [1.807, 2.05) is 6.07 Å². The smallest absolute Gasteiger partial charge is 0.337 e. The molecule has 0 bridgehead atoms. The molecule has 0 radical (unpaired) electrons. The SMILES string of the molecule is COC(=O)c1ccc(Nc2cc(Cl)ccc2Br)c(N)c1. The van der Waals surface area contributed by atoms with E-state index in [0.29, 0.717) is 22.0 Å². The molecule has 2 aromatic carbocycles. The number of halogens is 2. The Balaban J connectivity index is 2.30. The van der Waals surface area contributed by atoms with E-state index in [4.69, 9.17) is 17.3 Å². The Labute approximate surface area is 130 Å². The third-order valence-electron chi connectivity index (χ3n) is 2.67. The average molecular weight is 356 g/mol. The van der Waals surface area contributed by atoms with E-state index < -0.39 is 5.97 Å². The molecule has 0 aromatic heterocycles. The molecule has 3 N–H and O–H groups in total. The van der Waals surface area contributed by atoms with Gasteiger partial charge in [0.2, 0.25) is 0 Å². The summed E-state index contributed by atoms with van der Waals surface area (Å²) in [5.41, 5.74) is 8.25. The van der Waals surface area contributed by atoms with E-state index in [2.05, 4.69) is 26.0 Å². The summed E-state index contributed by atoms with van der Waals surface area (Å²) in [6.07, 6.45) is 0. The predicted molar refractivity (Wildman–Crippen MR) is 84.6 cm³/mol. The third kappa shape index (κ3) is 3.23. The minimum Gasteiger partial charge on any atom is -0.465 e. The van der Waals surface area contributed by atoms with E-state index in [0.717, 1.165) is 10.2 Å². The molecule has 0 aliphatic heterocycles. The van der Waals surface area contributed by atoms with Gasteiger partial charge in [0.1, 0.15) is 0 Å². The summed E-state index contributed by atoms with van der Waals surface area (Å²) >= 11 is 9.38. The van der Waals surface area contributed by atoms with Crippen LogP contribution >= 0.6 is 27.5 Å². The zero-order valence-corrected chi connectivity index (χ0v) is 13.0. The van der Waals surface area contributed by atoms with Gasteiger partial charge in [0.15, 0.2) is 0 Å². The first-order valence-electron chi connectivity index (χ1n) is 5.71. The molecule has 4 nitrogen and oxygen atoms in total. The summed E-state index contributed by atoms with van der Waals surface area (Å²) in [6, 6.07) is 10.3. The Morgan fingerprint density at radius 2 is 2.00 bits per heavy atom. The van der Waals surface area contributed by atoms with Gasteiger partial charge in [0.05, 0.1) is 29.7 Å². The summed E-state index contributed by atoms with van der Waals surface area (Å²) in [4.78, 5) is 11.4. The topological polar surface area (TPSA) is 64.3 Å². The lowest BCUT2D eigenvalue weighted by Crippen LogP contribution is -2.04. The standard InChI is InChI=1S/C14H12BrClN2O2/c1-20-14(19)8-2-5-12(11(17)6-8)18-13-7-9(16)3-4-10(13)15/h2-7,18H,17H2,1H3. The van der Waals surface area contributed by atoms with Crippen LogP contribution in [0.2, 0.25) is 5.02 Å². The molecule has 0 aliphatic rings. The number of carbonyl (C=O) groups excluding carboxylic acids is 1. The molecule has 0 heterocycles. The Morgan fingerprint density at radius 3 is 2.65 bits per heavy atom. The van der Waals surface area contributed by atoms with Crippen LogP contribution < -0.4 is 11.1 Å². The van der Waals surface area contributed by atoms with E-state index in [1.54, 1.807) is 30.3 Å². The first-order chi connectivity index (χ1) is 9.51. The number of benzene rings is 2. The number of anilines is 3. The summed E-state index contributed by atoms with van der Waals surface area (Å²) < 4.78 is 5.50. The summed E-state index contributed by atoms with van der Waals surface area (Å²) in [6.45, 7) is 0. The molecule has 0 aliphatic carbocycles. The van der Waals surface area contributed by atoms with Gasteiger partial charge in [0, 0.05) is 9.50 Å². The van der Waals surface area contributed by atoms with Crippen molar-refractivity contribution < 1.29 is 9.53 Å². The number of ether oxygens (including phenoxy) is 1. The van der Waals surface area contributed by atoms with Gasteiger partial charge in [-0.3, -0.25) is 0 Å². The number of nitrogen functional groups attached to an aromatic ring is 1. The van der Waals surface area contributed by atoms with Crippen LogP contribution in [0.3, 0.4) is 0 Å². The zero-order chi connectivity index (χ0) is 14.7. The van der Waals surface area contributed by atoms with Gasteiger partial charge in [-0.05, 0) is 52.3 Å². The first-order valence-corrected chi connectivity index (χ1v) is 6.88. The monoisotopic (exact) mass is 354 g/mol. The normalized spacial score (nSPS) is 10.2. The number of carbonyl (C=O) groups is 1. The number of esters is 1. The molecule has 2 aromatic rings. The van der Waals surface area contributed by atoms with Gasteiger partial charge >= 0.3 is 5.97 Å². The third-order valence-corrected chi connectivity index (χ3v) is 3.60. The van der Waals surface area contributed by atoms with Crippen LogP contribution in [0.15, 0.2) is 40.9 Å². The maximum absolute atomic E-state index is 11.4. The molecule has 0 amide bonds. The quantitative estimate of drug-likeness (QED) is 0.639. The number of nitrogens with two attached hydrogens (primary N) is 1. The lowest BCUT2D eigenvalue weighted by Gasteiger charge is -2.12. The molecule has 0 saturated carbocycles. The molecule has 20 heavy (non-hydrogen) atoms. The van der Waals surface area contributed by atoms with Crippen LogP contribution in [0.1, 0.15) is 10.4 Å². The van der Waals surface area contributed by atoms with Crippen LogP contribution in [0, 0.1) is 0 Å². The van der Waals surface area contributed by atoms with E-state index >= 15 is 0 Å². The average Bonchev–Trinajstić information content (AvgIpc) is 2.44. The van der Waals surface area contributed by atoms with Gasteiger partial charge in [0.25, 0.3) is 0 Å². The van der Waals surface area contributed by atoms with Gasteiger partial charge < -0.3 is 15.8 Å². The molecular formula is C14H12BrClN2O2. The van der Waals surface area contributed by atoms with Gasteiger partial charge in [-0.15, -0.1) is 0 Å². The van der Waals surface area contributed by atoms with Crippen LogP contribution in [0.25, 0.3) is 0 Å². The second-order valence-electron chi connectivity index (χ2n) is 4.04. The Hall–Kier alpha value is -1.72. The molecule has 104 valence electrons. The van der Waals surface area contributed by atoms with E-state index in [9.17, 15) is 4.79 Å². The van der Waals surface area contributed by atoms with Crippen molar-refractivity contribution in [1.82, 2.24) is 0 Å². The van der Waals surface area contributed by atoms with Crippen molar-refractivity contribution >= 4 is 50.6 Å². The minimum absolute atomic E-state index is 0.403. The molecule has 0 atom stereocenters. The zero-order valence-electron chi connectivity index (χ0n) is 10.6. The molecule has 0 fully saturated rings. The highest BCUT2D eigenvalue weighted by atomic mass is 79.9. The Bertz CT molecular complexity index is 662. The Morgan fingerprint density at radius 1 is 1.25 bits per heavy atom. The van der Waals surface area contributed by atoms with Crippen LogP contribution in [-0.2, 0) is 4.74 Å². The molecule has 2 rings (SSSR count). The van der Waals surface area contributed by atoms with Crippen molar-refractivity contribution in [3.63, 3.8) is 0 Å². The van der Waals surface area contributed by atoms with Crippen molar-refractivity contribution in [3.8, 4) is 0 Å². The minimum atomic E-state index is -0.424. The fraction of sp³-hybridized carbons (Fsp3) is 0.0714. The largest absolute Gasteiger partial charge is 0.465 e. The van der Waals surface area contributed by atoms with E-state index in [1.165, 1.54) is 7.11 Å². The molecule has 0 spiro atoms. The predicted octanol–water partition coefficient (Wildman–Crippen LogP) is 4.21. The van der Waals surface area contributed by atoms with Gasteiger partial charge in [-0.25, -0.2) is 4.79 Å². The van der Waals surface area contributed by atoms with Crippen molar-refractivity contribution in [3.05, 3.63) is 51.5 Å². The number of rotatable bonds is 3. The van der Waals surface area contributed by atoms with E-state index in [-0.39, 0.29) is 0 Å². The van der Waals surface area contributed by atoms with Crippen LogP contribution in [0.4, 0.5) is 17.1 Å². The maximum atomic E-state index is 11.4. The molecular weight excluding hydrogens is 344 g/mol. The van der Waals surface area contributed by atoms with Gasteiger partial charge in [-0.1, -0.05) is 11.6 Å². The first kappa shape index (κ1) is 14.7. The second-order valence-corrected chi connectivity index (χ2v) is 5.33. The highest BCUT2D eigenvalue weighted by Gasteiger charge is 2.09. The highest BCUT2D eigenvalue weighted by molar-refractivity contribution is 9.10. The fourth-order valence-corrected chi connectivity index (χ4v) is 2.18. The van der Waals surface area contributed by atoms with Crippen molar-refractivity contribution in [2.24, 2.45) is 0 Å².